The van der Waals surface area contributed by atoms with Crippen LogP contribution < -0.4 is 11.1 Å². The second kappa shape index (κ2) is 6.80. The van der Waals surface area contributed by atoms with Gasteiger partial charge in [0.25, 0.3) is 0 Å². The molecule has 1 saturated heterocycles. The summed E-state index contributed by atoms with van der Waals surface area (Å²) in [6.07, 6.45) is 3.80. The quantitative estimate of drug-likeness (QED) is 0.706. The lowest BCUT2D eigenvalue weighted by molar-refractivity contribution is -0.122. The van der Waals surface area contributed by atoms with E-state index in [0.717, 1.165) is 45.4 Å². The molecular weight excluding hydrogens is 192 g/mol. The third kappa shape index (κ3) is 4.62. The summed E-state index contributed by atoms with van der Waals surface area (Å²) >= 11 is 0. The standard InChI is InChI=1S/C11H22N2O2/c1-2-3-10(12)11(14)13-8-9-4-6-15-7-5-9/h9-10H,2-8,12H2,1H3,(H,13,14)/t10-/m0/s1. The van der Waals surface area contributed by atoms with Crippen LogP contribution in [0.25, 0.3) is 0 Å². The van der Waals surface area contributed by atoms with Crippen LogP contribution in [-0.2, 0) is 9.53 Å². The fraction of sp³-hybridized carbons (Fsp3) is 0.909. The maximum Gasteiger partial charge on any atom is 0.236 e. The molecule has 88 valence electrons. The number of hydrogen-bond acceptors (Lipinski definition) is 3. The lowest BCUT2D eigenvalue weighted by Gasteiger charge is -2.22. The molecule has 0 aliphatic carbocycles. The minimum atomic E-state index is -0.338. The Labute approximate surface area is 91.5 Å². The van der Waals surface area contributed by atoms with Crippen LogP contribution in [0.3, 0.4) is 0 Å². The fourth-order valence-electron chi connectivity index (χ4n) is 1.77. The largest absolute Gasteiger partial charge is 0.381 e. The first kappa shape index (κ1) is 12.5. The zero-order valence-electron chi connectivity index (χ0n) is 9.50. The van der Waals surface area contributed by atoms with Gasteiger partial charge < -0.3 is 15.8 Å². The highest BCUT2D eigenvalue weighted by Gasteiger charge is 2.17. The molecule has 0 radical (unpaired) electrons. The number of rotatable bonds is 5. The van der Waals surface area contributed by atoms with E-state index in [2.05, 4.69) is 5.32 Å². The minimum Gasteiger partial charge on any atom is -0.381 e. The lowest BCUT2D eigenvalue weighted by Crippen LogP contribution is -2.42. The van der Waals surface area contributed by atoms with Gasteiger partial charge in [0.15, 0.2) is 0 Å². The Kier molecular flexibility index (Phi) is 5.65. The van der Waals surface area contributed by atoms with Crippen molar-refractivity contribution in [1.29, 1.82) is 0 Å². The first-order valence-corrected chi connectivity index (χ1v) is 5.85. The van der Waals surface area contributed by atoms with Crippen molar-refractivity contribution < 1.29 is 9.53 Å². The Hall–Kier alpha value is -0.610. The zero-order chi connectivity index (χ0) is 11.1. The molecular formula is C11H22N2O2. The first-order valence-electron chi connectivity index (χ1n) is 5.85. The molecule has 1 fully saturated rings. The maximum absolute atomic E-state index is 11.5. The van der Waals surface area contributed by atoms with Crippen LogP contribution in [0.4, 0.5) is 0 Å². The van der Waals surface area contributed by atoms with Crippen LogP contribution >= 0.6 is 0 Å². The Morgan fingerprint density at radius 2 is 2.20 bits per heavy atom. The Bertz CT molecular complexity index is 191. The SMILES string of the molecule is CCC[C@H](N)C(=O)NCC1CCOCC1. The van der Waals surface area contributed by atoms with Gasteiger partial charge >= 0.3 is 0 Å². The monoisotopic (exact) mass is 214 g/mol. The summed E-state index contributed by atoms with van der Waals surface area (Å²) in [5.74, 6) is 0.555. The van der Waals surface area contributed by atoms with E-state index in [0.29, 0.717) is 5.92 Å². The van der Waals surface area contributed by atoms with E-state index in [1.165, 1.54) is 0 Å². The minimum absolute atomic E-state index is 0.0108. The predicted molar refractivity (Wildman–Crippen MR) is 59.4 cm³/mol. The van der Waals surface area contributed by atoms with Crippen molar-refractivity contribution in [1.82, 2.24) is 5.32 Å². The van der Waals surface area contributed by atoms with Gasteiger partial charge in [-0.3, -0.25) is 4.79 Å². The topological polar surface area (TPSA) is 64.4 Å². The summed E-state index contributed by atoms with van der Waals surface area (Å²) in [6.45, 7) is 4.42. The highest BCUT2D eigenvalue weighted by Crippen LogP contribution is 2.13. The van der Waals surface area contributed by atoms with Crippen LogP contribution in [-0.4, -0.2) is 31.7 Å². The van der Waals surface area contributed by atoms with Crippen LogP contribution in [0.2, 0.25) is 0 Å². The molecule has 1 aliphatic rings. The maximum atomic E-state index is 11.5. The molecule has 0 saturated carbocycles. The second-order valence-electron chi connectivity index (χ2n) is 4.20. The number of ether oxygens (including phenoxy) is 1. The third-order valence-electron chi connectivity index (χ3n) is 2.84. The van der Waals surface area contributed by atoms with Gasteiger partial charge in [-0.1, -0.05) is 13.3 Å². The van der Waals surface area contributed by atoms with Crippen molar-refractivity contribution >= 4 is 5.91 Å². The molecule has 0 unspecified atom stereocenters. The summed E-state index contributed by atoms with van der Waals surface area (Å²) in [5, 5.41) is 2.92. The number of carbonyl (C=O) groups excluding carboxylic acids is 1. The highest BCUT2D eigenvalue weighted by molar-refractivity contribution is 5.81. The first-order chi connectivity index (χ1) is 7.24. The molecule has 4 heteroatoms. The number of nitrogens with one attached hydrogen (secondary N) is 1. The molecule has 0 aromatic carbocycles. The molecule has 1 aliphatic heterocycles. The van der Waals surface area contributed by atoms with E-state index >= 15 is 0 Å². The predicted octanol–water partition coefficient (Wildman–Crippen LogP) is 0.657. The normalized spacial score (nSPS) is 19.9. The van der Waals surface area contributed by atoms with E-state index in [-0.39, 0.29) is 11.9 Å². The number of hydrogen-bond donors (Lipinski definition) is 2. The van der Waals surface area contributed by atoms with Crippen molar-refractivity contribution in [2.45, 2.75) is 38.6 Å². The molecule has 1 atom stereocenters. The third-order valence-corrected chi connectivity index (χ3v) is 2.84. The lowest BCUT2D eigenvalue weighted by atomic mass is 10.0. The van der Waals surface area contributed by atoms with Gasteiger partial charge in [-0.25, -0.2) is 0 Å². The van der Waals surface area contributed by atoms with E-state index in [9.17, 15) is 4.79 Å². The van der Waals surface area contributed by atoms with Crippen molar-refractivity contribution in [2.24, 2.45) is 11.7 Å². The molecule has 0 spiro atoms. The van der Waals surface area contributed by atoms with Crippen molar-refractivity contribution in [2.75, 3.05) is 19.8 Å². The summed E-state index contributed by atoms with van der Waals surface area (Å²) in [7, 11) is 0. The molecule has 1 rings (SSSR count). The Morgan fingerprint density at radius 3 is 2.80 bits per heavy atom. The smallest absolute Gasteiger partial charge is 0.236 e. The van der Waals surface area contributed by atoms with Gasteiger partial charge in [0.1, 0.15) is 0 Å². The van der Waals surface area contributed by atoms with E-state index in [1.807, 2.05) is 6.92 Å². The number of amides is 1. The van der Waals surface area contributed by atoms with Gasteiger partial charge in [-0.2, -0.15) is 0 Å². The average Bonchev–Trinajstić information content (AvgIpc) is 2.27. The fourth-order valence-corrected chi connectivity index (χ4v) is 1.77. The molecule has 15 heavy (non-hydrogen) atoms. The average molecular weight is 214 g/mol. The van der Waals surface area contributed by atoms with Gasteiger partial charge in [0.2, 0.25) is 5.91 Å². The van der Waals surface area contributed by atoms with Gasteiger partial charge in [-0.05, 0) is 25.2 Å². The Morgan fingerprint density at radius 1 is 1.53 bits per heavy atom. The molecule has 0 aromatic heterocycles. The van der Waals surface area contributed by atoms with E-state index in [4.69, 9.17) is 10.5 Å². The summed E-state index contributed by atoms with van der Waals surface area (Å²) in [5.41, 5.74) is 5.71. The van der Waals surface area contributed by atoms with Gasteiger partial charge in [0, 0.05) is 19.8 Å². The summed E-state index contributed by atoms with van der Waals surface area (Å²) < 4.78 is 5.26. The summed E-state index contributed by atoms with van der Waals surface area (Å²) in [4.78, 5) is 11.5. The molecule has 1 heterocycles. The van der Waals surface area contributed by atoms with E-state index < -0.39 is 0 Å². The van der Waals surface area contributed by atoms with Crippen molar-refractivity contribution in [3.8, 4) is 0 Å². The van der Waals surface area contributed by atoms with Crippen LogP contribution in [0.5, 0.6) is 0 Å². The van der Waals surface area contributed by atoms with Gasteiger partial charge in [-0.15, -0.1) is 0 Å². The van der Waals surface area contributed by atoms with Crippen molar-refractivity contribution in [3.05, 3.63) is 0 Å². The van der Waals surface area contributed by atoms with Crippen LogP contribution in [0.15, 0.2) is 0 Å². The molecule has 3 N–H and O–H groups in total. The van der Waals surface area contributed by atoms with E-state index in [1.54, 1.807) is 0 Å². The number of nitrogens with two attached hydrogens (primary N) is 1. The summed E-state index contributed by atoms with van der Waals surface area (Å²) in [6, 6.07) is -0.338. The van der Waals surface area contributed by atoms with Crippen molar-refractivity contribution in [3.63, 3.8) is 0 Å². The molecule has 0 aromatic rings. The highest BCUT2D eigenvalue weighted by atomic mass is 16.5. The zero-order valence-corrected chi connectivity index (χ0v) is 9.50. The number of carbonyl (C=O) groups is 1. The molecule has 4 nitrogen and oxygen atoms in total. The molecule has 1 amide bonds. The van der Waals surface area contributed by atoms with Gasteiger partial charge in [0.05, 0.1) is 6.04 Å². The second-order valence-corrected chi connectivity index (χ2v) is 4.20. The van der Waals surface area contributed by atoms with Crippen LogP contribution in [0.1, 0.15) is 32.6 Å². The van der Waals surface area contributed by atoms with Crippen LogP contribution in [0, 0.1) is 5.92 Å². The molecule has 0 bridgehead atoms. The Balaban J connectivity index is 2.14.